The Morgan fingerprint density at radius 1 is 1.15 bits per heavy atom. The van der Waals surface area contributed by atoms with Crippen molar-refractivity contribution in [3.63, 3.8) is 0 Å². The Kier molecular flexibility index (Phi) is 7.14. The van der Waals surface area contributed by atoms with Crippen molar-refractivity contribution < 1.29 is 9.53 Å². The minimum absolute atomic E-state index is 0.117. The van der Waals surface area contributed by atoms with Crippen molar-refractivity contribution in [2.24, 2.45) is 0 Å². The molecular weight excluding hydrogens is 436 g/mol. The summed E-state index contributed by atoms with van der Waals surface area (Å²) >= 11 is 1.27. The van der Waals surface area contributed by atoms with Crippen molar-refractivity contribution in [3.8, 4) is 16.9 Å². The molecule has 0 aliphatic heterocycles. The molecule has 2 aromatic carbocycles. The number of carbonyl (C=O) groups excluding carboxylic acids is 1. The Morgan fingerprint density at radius 3 is 2.61 bits per heavy atom. The minimum atomic E-state index is -0.168. The van der Waals surface area contributed by atoms with Crippen LogP contribution in [-0.2, 0) is 11.3 Å². The average molecular weight is 463 g/mol. The van der Waals surface area contributed by atoms with Gasteiger partial charge in [-0.1, -0.05) is 55.4 Å². The molecule has 170 valence electrons. The lowest BCUT2D eigenvalue weighted by molar-refractivity contribution is -0.113. The number of methoxy groups -OCH3 is 1. The number of aromatic amines is 1. The monoisotopic (exact) mass is 462 g/mol. The predicted molar refractivity (Wildman–Crippen MR) is 133 cm³/mol. The summed E-state index contributed by atoms with van der Waals surface area (Å²) in [6, 6.07) is 17.0. The van der Waals surface area contributed by atoms with Crippen molar-refractivity contribution in [2.45, 2.75) is 31.5 Å². The smallest absolute Gasteiger partial charge is 0.278 e. The summed E-state index contributed by atoms with van der Waals surface area (Å²) in [7, 11) is 1.60. The highest BCUT2D eigenvalue weighted by Gasteiger charge is 2.17. The quantitative estimate of drug-likeness (QED) is 0.272. The number of anilines is 1. The largest absolute Gasteiger partial charge is 0.497 e. The lowest BCUT2D eigenvalue weighted by Crippen LogP contribution is -2.24. The number of hydrogen-bond donors (Lipinski definition) is 2. The number of ether oxygens (including phenoxy) is 1. The van der Waals surface area contributed by atoms with Crippen LogP contribution in [0.2, 0.25) is 0 Å². The summed E-state index contributed by atoms with van der Waals surface area (Å²) in [5.41, 5.74) is 3.53. The first-order valence-electron chi connectivity index (χ1n) is 10.8. The van der Waals surface area contributed by atoms with Crippen LogP contribution < -0.4 is 15.6 Å². The van der Waals surface area contributed by atoms with Crippen LogP contribution in [0.3, 0.4) is 0 Å². The Balaban J connectivity index is 1.61. The topological polar surface area (TPSA) is 89.0 Å². The zero-order chi connectivity index (χ0) is 23.2. The summed E-state index contributed by atoms with van der Waals surface area (Å²) in [4.78, 5) is 33.8. The van der Waals surface area contributed by atoms with Gasteiger partial charge in [0.2, 0.25) is 5.91 Å². The van der Waals surface area contributed by atoms with E-state index in [9.17, 15) is 9.59 Å². The number of nitrogens with one attached hydrogen (secondary N) is 2. The molecule has 33 heavy (non-hydrogen) atoms. The molecule has 4 rings (SSSR count). The molecule has 4 aromatic rings. The lowest BCUT2D eigenvalue weighted by atomic mass is 10.1. The molecule has 1 amide bonds. The van der Waals surface area contributed by atoms with Crippen molar-refractivity contribution in [3.05, 3.63) is 71.1 Å². The molecule has 0 atom stereocenters. The first kappa shape index (κ1) is 22.7. The normalized spacial score (nSPS) is 11.0. The summed E-state index contributed by atoms with van der Waals surface area (Å²) < 4.78 is 6.82. The maximum absolute atomic E-state index is 13.3. The molecule has 0 spiro atoms. The highest BCUT2D eigenvalue weighted by Crippen LogP contribution is 2.28. The van der Waals surface area contributed by atoms with Gasteiger partial charge in [0.15, 0.2) is 5.16 Å². The standard InChI is InChI=1S/C25H26N4O3S/c1-3-4-14-29-24(31)23-22(20(15-26-23)17-8-6-5-7-9-17)28-25(29)33-16-21(30)27-18-10-12-19(32-2)13-11-18/h5-13,15,26H,3-4,14,16H2,1-2H3,(H,27,30). The van der Waals surface area contributed by atoms with E-state index in [1.54, 1.807) is 35.9 Å². The highest BCUT2D eigenvalue weighted by molar-refractivity contribution is 7.99. The van der Waals surface area contributed by atoms with Gasteiger partial charge in [0.05, 0.1) is 12.9 Å². The van der Waals surface area contributed by atoms with E-state index >= 15 is 0 Å². The number of carbonyl (C=O) groups is 1. The second-order valence-electron chi connectivity index (χ2n) is 7.56. The number of fused-ring (bicyclic) bond motifs is 1. The fourth-order valence-electron chi connectivity index (χ4n) is 3.54. The fourth-order valence-corrected chi connectivity index (χ4v) is 4.35. The van der Waals surface area contributed by atoms with Crippen LogP contribution in [0.25, 0.3) is 22.2 Å². The molecule has 2 aromatic heterocycles. The van der Waals surface area contributed by atoms with E-state index < -0.39 is 0 Å². The summed E-state index contributed by atoms with van der Waals surface area (Å²) in [6.45, 7) is 2.63. The molecular formula is C25H26N4O3S. The van der Waals surface area contributed by atoms with E-state index in [2.05, 4.69) is 17.2 Å². The van der Waals surface area contributed by atoms with Gasteiger partial charge in [-0.05, 0) is 36.2 Å². The third-order valence-corrected chi connectivity index (χ3v) is 6.25. The number of rotatable bonds is 9. The summed E-state index contributed by atoms with van der Waals surface area (Å²) in [6.07, 6.45) is 3.63. The molecule has 0 saturated carbocycles. The Bertz CT molecular complexity index is 1300. The molecule has 0 unspecified atom stereocenters. The van der Waals surface area contributed by atoms with Gasteiger partial charge in [0.1, 0.15) is 16.8 Å². The van der Waals surface area contributed by atoms with E-state index in [1.165, 1.54) is 11.8 Å². The molecule has 0 saturated heterocycles. The van der Waals surface area contributed by atoms with Gasteiger partial charge in [0, 0.05) is 24.0 Å². The number of unbranched alkanes of at least 4 members (excludes halogenated alkanes) is 1. The van der Waals surface area contributed by atoms with Crippen molar-refractivity contribution in [1.82, 2.24) is 14.5 Å². The summed E-state index contributed by atoms with van der Waals surface area (Å²) in [5, 5.41) is 3.42. The van der Waals surface area contributed by atoms with Crippen LogP contribution in [0.15, 0.2) is 70.7 Å². The minimum Gasteiger partial charge on any atom is -0.497 e. The van der Waals surface area contributed by atoms with Gasteiger partial charge in [-0.3, -0.25) is 14.2 Å². The fraction of sp³-hybridized carbons (Fsp3) is 0.240. The van der Waals surface area contributed by atoms with Crippen LogP contribution in [0, 0.1) is 0 Å². The second-order valence-corrected chi connectivity index (χ2v) is 8.50. The average Bonchev–Trinajstić information content (AvgIpc) is 3.27. The zero-order valence-corrected chi connectivity index (χ0v) is 19.4. The van der Waals surface area contributed by atoms with Gasteiger partial charge in [0.25, 0.3) is 5.56 Å². The second kappa shape index (κ2) is 10.4. The molecule has 0 radical (unpaired) electrons. The van der Waals surface area contributed by atoms with Crippen LogP contribution in [-0.4, -0.2) is 33.3 Å². The molecule has 8 heteroatoms. The van der Waals surface area contributed by atoms with Gasteiger partial charge in [-0.25, -0.2) is 4.98 Å². The SMILES string of the molecule is CCCCn1c(SCC(=O)Nc2ccc(OC)cc2)nc2c(-c3ccccc3)c[nH]c2c1=O. The van der Waals surface area contributed by atoms with Crippen molar-refractivity contribution in [2.75, 3.05) is 18.2 Å². The number of nitrogens with zero attached hydrogens (tertiary/aromatic N) is 2. The third kappa shape index (κ3) is 5.12. The van der Waals surface area contributed by atoms with Crippen LogP contribution >= 0.6 is 11.8 Å². The van der Waals surface area contributed by atoms with E-state index in [-0.39, 0.29) is 17.2 Å². The number of amides is 1. The number of thioether (sulfide) groups is 1. The molecule has 0 fully saturated rings. The number of benzene rings is 2. The van der Waals surface area contributed by atoms with Crippen molar-refractivity contribution >= 4 is 34.4 Å². The maximum Gasteiger partial charge on any atom is 0.278 e. The molecule has 0 aliphatic rings. The van der Waals surface area contributed by atoms with E-state index in [0.29, 0.717) is 28.4 Å². The van der Waals surface area contributed by atoms with E-state index in [0.717, 1.165) is 29.7 Å². The van der Waals surface area contributed by atoms with Gasteiger partial charge >= 0.3 is 0 Å². The molecule has 2 heterocycles. The Hall–Kier alpha value is -3.52. The van der Waals surface area contributed by atoms with E-state index in [1.807, 2.05) is 36.5 Å². The first-order valence-corrected chi connectivity index (χ1v) is 11.8. The molecule has 2 N–H and O–H groups in total. The zero-order valence-electron chi connectivity index (χ0n) is 18.6. The van der Waals surface area contributed by atoms with Gasteiger partial charge in [-0.15, -0.1) is 0 Å². The molecule has 0 aliphatic carbocycles. The predicted octanol–water partition coefficient (Wildman–Crippen LogP) is 4.93. The Morgan fingerprint density at radius 2 is 1.91 bits per heavy atom. The Labute approximate surface area is 196 Å². The van der Waals surface area contributed by atoms with Gasteiger partial charge in [-0.2, -0.15) is 0 Å². The highest BCUT2D eigenvalue weighted by atomic mass is 32.2. The number of H-pyrrole nitrogens is 1. The number of hydrogen-bond acceptors (Lipinski definition) is 5. The van der Waals surface area contributed by atoms with Crippen LogP contribution in [0.1, 0.15) is 19.8 Å². The molecule has 7 nitrogen and oxygen atoms in total. The van der Waals surface area contributed by atoms with Crippen LogP contribution in [0.4, 0.5) is 5.69 Å². The summed E-state index contributed by atoms with van der Waals surface area (Å²) in [5.74, 6) is 0.695. The van der Waals surface area contributed by atoms with E-state index in [4.69, 9.17) is 9.72 Å². The maximum atomic E-state index is 13.3. The number of aromatic nitrogens is 3. The lowest BCUT2D eigenvalue weighted by Gasteiger charge is -2.12. The first-order chi connectivity index (χ1) is 16.1. The van der Waals surface area contributed by atoms with Crippen LogP contribution in [0.5, 0.6) is 5.75 Å². The molecule has 0 bridgehead atoms. The third-order valence-electron chi connectivity index (χ3n) is 5.28. The van der Waals surface area contributed by atoms with Crippen molar-refractivity contribution in [1.29, 1.82) is 0 Å². The van der Waals surface area contributed by atoms with Gasteiger partial charge < -0.3 is 15.0 Å².